The molecule has 1 aliphatic heterocycles. The number of amides is 1. The van der Waals surface area contributed by atoms with Crippen LogP contribution in [-0.4, -0.2) is 38.4 Å². The van der Waals surface area contributed by atoms with Gasteiger partial charge >= 0.3 is 0 Å². The normalized spacial score (nSPS) is 17.1. The van der Waals surface area contributed by atoms with Crippen molar-refractivity contribution in [2.45, 2.75) is 36.6 Å². The van der Waals surface area contributed by atoms with Gasteiger partial charge in [0.05, 0.1) is 4.90 Å². The summed E-state index contributed by atoms with van der Waals surface area (Å²) < 4.78 is 41.3. The molecule has 1 heterocycles. The fraction of sp³-hybridized carbons (Fsp3) is 0.350. The van der Waals surface area contributed by atoms with Crippen LogP contribution in [0.5, 0.6) is 0 Å². The molecular weight excluding hydrogens is 447 g/mol. The monoisotopic (exact) mass is 468 g/mol. The van der Waals surface area contributed by atoms with E-state index in [1.807, 2.05) is 6.07 Å². The number of hydrogen-bond donors (Lipinski definition) is 1. The number of hydrogen-bond acceptors (Lipinski definition) is 3. The number of rotatable bonds is 7. The summed E-state index contributed by atoms with van der Waals surface area (Å²) in [6.07, 6.45) is 2.47. The summed E-state index contributed by atoms with van der Waals surface area (Å²) in [6.45, 7) is 0.693. The Morgan fingerprint density at radius 2 is 1.96 bits per heavy atom. The highest BCUT2D eigenvalue weighted by Crippen LogP contribution is 2.22. The molecular formula is C20H22BrFN2O3S. The number of carbonyl (C=O) groups excluding carboxylic acids is 1. The topological polar surface area (TPSA) is 66.5 Å². The molecule has 1 aliphatic rings. The molecule has 1 N–H and O–H groups in total. The van der Waals surface area contributed by atoms with Crippen LogP contribution in [0.2, 0.25) is 0 Å². The van der Waals surface area contributed by atoms with Crippen LogP contribution >= 0.6 is 15.9 Å². The molecule has 3 rings (SSSR count). The summed E-state index contributed by atoms with van der Waals surface area (Å²) in [6, 6.07) is 12.8. The molecule has 1 saturated heterocycles. The van der Waals surface area contributed by atoms with Gasteiger partial charge in [-0.1, -0.05) is 28.1 Å². The molecule has 0 bridgehead atoms. The Bertz CT molecular complexity index is 935. The number of nitrogens with one attached hydrogen (secondary N) is 1. The van der Waals surface area contributed by atoms with E-state index in [1.54, 1.807) is 23.1 Å². The van der Waals surface area contributed by atoms with Crippen LogP contribution in [0, 0.1) is 5.82 Å². The van der Waals surface area contributed by atoms with Crippen molar-refractivity contribution in [2.75, 3.05) is 13.1 Å². The Balaban J connectivity index is 1.54. The Morgan fingerprint density at radius 1 is 1.21 bits per heavy atom. The highest BCUT2D eigenvalue weighted by Gasteiger charge is 2.28. The van der Waals surface area contributed by atoms with Crippen molar-refractivity contribution < 1.29 is 17.6 Å². The second kappa shape index (κ2) is 9.15. The van der Waals surface area contributed by atoms with Gasteiger partial charge in [0.15, 0.2) is 0 Å². The van der Waals surface area contributed by atoms with Gasteiger partial charge in [-0.2, -0.15) is 0 Å². The van der Waals surface area contributed by atoms with E-state index < -0.39 is 10.0 Å². The van der Waals surface area contributed by atoms with E-state index in [0.29, 0.717) is 13.0 Å². The number of carbonyl (C=O) groups is 1. The summed E-state index contributed by atoms with van der Waals surface area (Å²) in [5, 5.41) is 0. The molecule has 0 aromatic heterocycles. The first-order valence-corrected chi connectivity index (χ1v) is 11.4. The molecule has 0 spiro atoms. The van der Waals surface area contributed by atoms with Gasteiger partial charge in [0.25, 0.3) is 0 Å². The third-order valence-electron chi connectivity index (χ3n) is 4.81. The first kappa shape index (κ1) is 21.0. The SMILES string of the molecule is O=C(CCNS(=O)(=O)c1ccc(Br)cc1)N1CCCC1Cc1cccc(F)c1. The molecule has 5 nitrogen and oxygen atoms in total. The maximum atomic E-state index is 13.4. The zero-order chi connectivity index (χ0) is 20.1. The Morgan fingerprint density at radius 3 is 2.68 bits per heavy atom. The smallest absolute Gasteiger partial charge is 0.240 e. The first-order valence-electron chi connectivity index (χ1n) is 9.14. The van der Waals surface area contributed by atoms with Gasteiger partial charge in [0.2, 0.25) is 15.9 Å². The molecule has 2 aromatic rings. The zero-order valence-corrected chi connectivity index (χ0v) is 17.7. The number of likely N-dealkylation sites (tertiary alicyclic amines) is 1. The van der Waals surface area contributed by atoms with Gasteiger partial charge in [0, 0.05) is 30.0 Å². The number of benzene rings is 2. The second-order valence-electron chi connectivity index (χ2n) is 6.82. The van der Waals surface area contributed by atoms with Crippen LogP contribution in [0.1, 0.15) is 24.8 Å². The molecule has 1 fully saturated rings. The second-order valence-corrected chi connectivity index (χ2v) is 9.50. The average Bonchev–Trinajstić information content (AvgIpc) is 3.10. The van der Waals surface area contributed by atoms with E-state index in [0.717, 1.165) is 22.9 Å². The van der Waals surface area contributed by atoms with Crippen molar-refractivity contribution in [1.29, 1.82) is 0 Å². The van der Waals surface area contributed by atoms with Crippen LogP contribution in [0.25, 0.3) is 0 Å². The molecule has 1 unspecified atom stereocenters. The van der Waals surface area contributed by atoms with Gasteiger partial charge < -0.3 is 4.90 Å². The van der Waals surface area contributed by atoms with Crippen LogP contribution in [-0.2, 0) is 21.2 Å². The molecule has 0 aliphatic carbocycles. The molecule has 1 atom stereocenters. The van der Waals surface area contributed by atoms with Crippen molar-refractivity contribution in [3.8, 4) is 0 Å². The summed E-state index contributed by atoms with van der Waals surface area (Å²) in [4.78, 5) is 14.5. The van der Waals surface area contributed by atoms with E-state index in [-0.39, 0.29) is 35.6 Å². The van der Waals surface area contributed by atoms with E-state index in [9.17, 15) is 17.6 Å². The minimum atomic E-state index is -3.65. The largest absolute Gasteiger partial charge is 0.339 e. The third-order valence-corrected chi connectivity index (χ3v) is 6.82. The summed E-state index contributed by atoms with van der Waals surface area (Å²) >= 11 is 3.27. The van der Waals surface area contributed by atoms with Crippen molar-refractivity contribution in [1.82, 2.24) is 9.62 Å². The minimum absolute atomic E-state index is 0.0254. The van der Waals surface area contributed by atoms with Crippen LogP contribution in [0.15, 0.2) is 57.9 Å². The molecule has 0 saturated carbocycles. The summed E-state index contributed by atoms with van der Waals surface area (Å²) in [5.74, 6) is -0.367. The number of nitrogens with zero attached hydrogens (tertiary/aromatic N) is 1. The van der Waals surface area contributed by atoms with Gasteiger partial charge in [-0.05, 0) is 61.2 Å². The van der Waals surface area contributed by atoms with E-state index in [2.05, 4.69) is 20.7 Å². The quantitative estimate of drug-likeness (QED) is 0.675. The predicted molar refractivity (Wildman–Crippen MR) is 109 cm³/mol. The molecule has 150 valence electrons. The average molecular weight is 469 g/mol. The van der Waals surface area contributed by atoms with E-state index in [1.165, 1.54) is 24.3 Å². The molecule has 8 heteroatoms. The lowest BCUT2D eigenvalue weighted by Crippen LogP contribution is -2.38. The Hall–Kier alpha value is -1.77. The third kappa shape index (κ3) is 5.40. The van der Waals surface area contributed by atoms with Gasteiger partial charge in [-0.15, -0.1) is 0 Å². The lowest BCUT2D eigenvalue weighted by Gasteiger charge is -2.25. The fourth-order valence-electron chi connectivity index (χ4n) is 3.45. The lowest BCUT2D eigenvalue weighted by molar-refractivity contribution is -0.131. The maximum Gasteiger partial charge on any atom is 0.240 e. The summed E-state index contributed by atoms with van der Waals surface area (Å²) in [7, 11) is -3.65. The first-order chi connectivity index (χ1) is 13.3. The van der Waals surface area contributed by atoms with Crippen molar-refractivity contribution in [2.24, 2.45) is 0 Å². The minimum Gasteiger partial charge on any atom is -0.339 e. The highest BCUT2D eigenvalue weighted by molar-refractivity contribution is 9.10. The molecule has 0 radical (unpaired) electrons. The van der Waals surface area contributed by atoms with E-state index >= 15 is 0 Å². The van der Waals surface area contributed by atoms with Crippen LogP contribution in [0.3, 0.4) is 0 Å². The van der Waals surface area contributed by atoms with Crippen molar-refractivity contribution in [3.63, 3.8) is 0 Å². The van der Waals surface area contributed by atoms with Gasteiger partial charge in [0.1, 0.15) is 5.82 Å². The van der Waals surface area contributed by atoms with Crippen LogP contribution in [0.4, 0.5) is 4.39 Å². The molecule has 1 amide bonds. The molecule has 28 heavy (non-hydrogen) atoms. The maximum absolute atomic E-state index is 13.4. The number of sulfonamides is 1. The van der Waals surface area contributed by atoms with Gasteiger partial charge in [-0.25, -0.2) is 17.5 Å². The fourth-order valence-corrected chi connectivity index (χ4v) is 4.74. The van der Waals surface area contributed by atoms with Crippen molar-refractivity contribution in [3.05, 3.63) is 64.4 Å². The zero-order valence-electron chi connectivity index (χ0n) is 15.3. The summed E-state index contributed by atoms with van der Waals surface area (Å²) in [5.41, 5.74) is 0.862. The van der Waals surface area contributed by atoms with Crippen molar-refractivity contribution >= 4 is 31.9 Å². The lowest BCUT2D eigenvalue weighted by atomic mass is 10.0. The standard InChI is InChI=1S/C20H22BrFN2O3S/c21-16-6-8-19(9-7-16)28(26,27)23-11-10-20(25)24-12-2-5-18(24)14-15-3-1-4-17(22)13-15/h1,3-4,6-9,13,18,23H,2,5,10-12,14H2. The van der Waals surface area contributed by atoms with Crippen LogP contribution < -0.4 is 4.72 Å². The molecule has 2 aromatic carbocycles. The van der Waals surface area contributed by atoms with Gasteiger partial charge in [-0.3, -0.25) is 4.79 Å². The Labute approximate surface area is 173 Å². The number of halogens is 2. The highest BCUT2D eigenvalue weighted by atomic mass is 79.9. The van der Waals surface area contributed by atoms with E-state index in [4.69, 9.17) is 0 Å². The predicted octanol–water partition coefficient (Wildman–Crippen LogP) is 3.49. The Kier molecular flexibility index (Phi) is 6.85.